The van der Waals surface area contributed by atoms with Gasteiger partial charge in [0, 0.05) is 14.2 Å². The van der Waals surface area contributed by atoms with Crippen LogP contribution in [0, 0.1) is 0 Å². The Bertz CT molecular complexity index is 70.1. The summed E-state index contributed by atoms with van der Waals surface area (Å²) in [7, 11) is 3.35. The molecule has 0 aromatic carbocycles. The lowest BCUT2D eigenvalue weighted by atomic mass is 10.3. The summed E-state index contributed by atoms with van der Waals surface area (Å²) in [5.74, 6) is 0. The number of ether oxygens (including phenoxy) is 2. The Hall–Kier alpha value is 0.880. The molecule has 0 aliphatic carbocycles. The summed E-state index contributed by atoms with van der Waals surface area (Å²) in [5.41, 5.74) is 0. The number of methoxy groups -OCH3 is 2. The predicted molar refractivity (Wildman–Crippen MR) is 48.7 cm³/mol. The van der Waals surface area contributed by atoms with E-state index in [-0.39, 0.29) is 10.0 Å². The fourth-order valence-electron chi connectivity index (χ4n) is 0.498. The number of hydrogen-bond acceptors (Lipinski definition) is 2. The number of rotatable bonds is 5. The van der Waals surface area contributed by atoms with Crippen LogP contribution in [0.2, 0.25) is 0 Å². The summed E-state index contributed by atoms with van der Waals surface area (Å²) in [4.78, 5) is 0. The molecule has 4 heteroatoms. The van der Waals surface area contributed by atoms with E-state index >= 15 is 0 Å². The third kappa shape index (κ3) is 5.65. The van der Waals surface area contributed by atoms with Gasteiger partial charge in [0.15, 0.2) is 0 Å². The van der Waals surface area contributed by atoms with E-state index < -0.39 is 0 Å². The molecule has 0 aliphatic heterocycles. The van der Waals surface area contributed by atoms with Crippen molar-refractivity contribution in [2.75, 3.05) is 14.2 Å². The zero-order valence-electron chi connectivity index (χ0n) is 6.14. The Morgan fingerprint density at radius 1 is 1.00 bits per heavy atom. The van der Waals surface area contributed by atoms with E-state index in [1.807, 2.05) is 0 Å². The second-order valence-electron chi connectivity index (χ2n) is 1.87. The molecule has 0 saturated heterocycles. The molecular formula is C6H12Br2O2. The Morgan fingerprint density at radius 2 is 1.30 bits per heavy atom. The molecule has 10 heavy (non-hydrogen) atoms. The van der Waals surface area contributed by atoms with Gasteiger partial charge in [0.05, 0.1) is 0 Å². The van der Waals surface area contributed by atoms with Gasteiger partial charge >= 0.3 is 0 Å². The molecule has 0 aliphatic rings. The first-order valence-electron chi connectivity index (χ1n) is 3.04. The third-order valence-corrected chi connectivity index (χ3v) is 2.80. The topological polar surface area (TPSA) is 18.5 Å². The molecule has 0 aromatic heterocycles. The molecule has 0 amide bonds. The fourth-order valence-corrected chi connectivity index (χ4v) is 1.03. The van der Waals surface area contributed by atoms with Gasteiger partial charge in [0.1, 0.15) is 10.0 Å². The highest BCUT2D eigenvalue weighted by molar-refractivity contribution is 9.09. The first kappa shape index (κ1) is 10.9. The SMILES string of the molecule is COC(Br)CCC(Br)OC. The summed E-state index contributed by atoms with van der Waals surface area (Å²) in [6.45, 7) is 0. The average molecular weight is 276 g/mol. The van der Waals surface area contributed by atoms with Crippen LogP contribution in [-0.2, 0) is 9.47 Å². The highest BCUT2D eigenvalue weighted by Gasteiger charge is 2.05. The van der Waals surface area contributed by atoms with Crippen molar-refractivity contribution in [1.29, 1.82) is 0 Å². The molecule has 0 spiro atoms. The zero-order chi connectivity index (χ0) is 7.98. The lowest BCUT2D eigenvalue weighted by molar-refractivity contribution is 0.134. The molecule has 2 nitrogen and oxygen atoms in total. The van der Waals surface area contributed by atoms with Gasteiger partial charge in [0.25, 0.3) is 0 Å². The summed E-state index contributed by atoms with van der Waals surface area (Å²) in [6.07, 6.45) is 1.89. The Labute approximate surface area is 78.5 Å². The number of halogens is 2. The lowest BCUT2D eigenvalue weighted by Gasteiger charge is -2.10. The van der Waals surface area contributed by atoms with E-state index in [9.17, 15) is 0 Å². The fraction of sp³-hybridized carbons (Fsp3) is 1.00. The van der Waals surface area contributed by atoms with Crippen LogP contribution in [-0.4, -0.2) is 24.2 Å². The minimum absolute atomic E-state index is 0.141. The molecule has 0 heterocycles. The normalized spacial score (nSPS) is 16.8. The van der Waals surface area contributed by atoms with Gasteiger partial charge in [-0.3, -0.25) is 0 Å². The summed E-state index contributed by atoms with van der Waals surface area (Å²) >= 11 is 6.67. The van der Waals surface area contributed by atoms with Gasteiger partial charge in [-0.15, -0.1) is 0 Å². The van der Waals surface area contributed by atoms with Crippen molar-refractivity contribution in [1.82, 2.24) is 0 Å². The minimum atomic E-state index is 0.141. The van der Waals surface area contributed by atoms with Crippen LogP contribution in [0.4, 0.5) is 0 Å². The molecule has 2 atom stereocenters. The predicted octanol–water partition coefficient (Wildman–Crippen LogP) is 2.50. The highest BCUT2D eigenvalue weighted by atomic mass is 79.9. The van der Waals surface area contributed by atoms with E-state index in [4.69, 9.17) is 9.47 Å². The van der Waals surface area contributed by atoms with Crippen molar-refractivity contribution < 1.29 is 9.47 Å². The van der Waals surface area contributed by atoms with Gasteiger partial charge < -0.3 is 9.47 Å². The number of alkyl halides is 2. The molecule has 0 saturated carbocycles. The van der Waals surface area contributed by atoms with Crippen LogP contribution in [0.1, 0.15) is 12.8 Å². The van der Waals surface area contributed by atoms with Crippen LogP contribution in [0.3, 0.4) is 0 Å². The maximum absolute atomic E-state index is 4.99. The monoisotopic (exact) mass is 274 g/mol. The van der Waals surface area contributed by atoms with E-state index in [2.05, 4.69) is 31.9 Å². The first-order chi connectivity index (χ1) is 4.70. The summed E-state index contributed by atoms with van der Waals surface area (Å²) in [5, 5.41) is 0.283. The Balaban J connectivity index is 3.17. The van der Waals surface area contributed by atoms with Crippen molar-refractivity contribution in [3.05, 3.63) is 0 Å². The second kappa shape index (κ2) is 6.58. The third-order valence-electron chi connectivity index (χ3n) is 1.13. The van der Waals surface area contributed by atoms with Gasteiger partial charge in [-0.2, -0.15) is 0 Å². The molecule has 62 valence electrons. The van der Waals surface area contributed by atoms with Crippen LogP contribution in [0.25, 0.3) is 0 Å². The maximum Gasteiger partial charge on any atom is 0.112 e. The van der Waals surface area contributed by atoms with Crippen LogP contribution < -0.4 is 0 Å². The second-order valence-corrected chi connectivity index (χ2v) is 3.91. The average Bonchev–Trinajstić information content (AvgIpc) is 1.99. The van der Waals surface area contributed by atoms with Crippen molar-refractivity contribution in [2.24, 2.45) is 0 Å². The number of hydrogen-bond donors (Lipinski definition) is 0. The van der Waals surface area contributed by atoms with E-state index in [1.54, 1.807) is 14.2 Å². The van der Waals surface area contributed by atoms with Gasteiger partial charge in [0.2, 0.25) is 0 Å². The molecule has 0 fully saturated rings. The van der Waals surface area contributed by atoms with Gasteiger partial charge in [-0.25, -0.2) is 0 Å². The van der Waals surface area contributed by atoms with Gasteiger partial charge in [-0.1, -0.05) is 31.9 Å². The molecule has 2 unspecified atom stereocenters. The lowest BCUT2D eigenvalue weighted by Crippen LogP contribution is -2.06. The molecule has 0 rings (SSSR count). The van der Waals surface area contributed by atoms with Crippen LogP contribution in [0.5, 0.6) is 0 Å². The van der Waals surface area contributed by atoms with E-state index in [0.717, 1.165) is 12.8 Å². The van der Waals surface area contributed by atoms with Crippen molar-refractivity contribution in [2.45, 2.75) is 22.9 Å². The molecule has 0 aromatic rings. The molecule has 0 radical (unpaired) electrons. The van der Waals surface area contributed by atoms with Crippen LogP contribution >= 0.6 is 31.9 Å². The Morgan fingerprint density at radius 3 is 1.50 bits per heavy atom. The van der Waals surface area contributed by atoms with Crippen molar-refractivity contribution in [3.8, 4) is 0 Å². The summed E-state index contributed by atoms with van der Waals surface area (Å²) in [6, 6.07) is 0. The van der Waals surface area contributed by atoms with Crippen molar-refractivity contribution >= 4 is 31.9 Å². The largest absolute Gasteiger partial charge is 0.370 e. The molecular weight excluding hydrogens is 264 g/mol. The minimum Gasteiger partial charge on any atom is -0.370 e. The smallest absolute Gasteiger partial charge is 0.112 e. The Kier molecular flexibility index (Phi) is 7.16. The molecule has 0 bridgehead atoms. The zero-order valence-corrected chi connectivity index (χ0v) is 9.31. The van der Waals surface area contributed by atoms with E-state index in [1.165, 1.54) is 0 Å². The summed E-state index contributed by atoms with van der Waals surface area (Å²) < 4.78 is 9.97. The highest BCUT2D eigenvalue weighted by Crippen LogP contribution is 2.14. The maximum atomic E-state index is 4.99. The quantitative estimate of drug-likeness (QED) is 0.718. The van der Waals surface area contributed by atoms with E-state index in [0.29, 0.717) is 0 Å². The first-order valence-corrected chi connectivity index (χ1v) is 4.87. The standard InChI is InChI=1S/C6H12Br2O2/c1-9-5(7)3-4-6(8)10-2/h5-6H,3-4H2,1-2H3. The van der Waals surface area contributed by atoms with Crippen LogP contribution in [0.15, 0.2) is 0 Å². The van der Waals surface area contributed by atoms with Crippen molar-refractivity contribution in [3.63, 3.8) is 0 Å². The van der Waals surface area contributed by atoms with Gasteiger partial charge in [-0.05, 0) is 12.8 Å². The molecule has 0 N–H and O–H groups in total.